The Hall–Kier alpha value is -1.31. The second kappa shape index (κ2) is 5.59. The third-order valence-corrected chi connectivity index (χ3v) is 4.15. The molecule has 0 atom stereocenters. The fourth-order valence-electron chi connectivity index (χ4n) is 2.74. The van der Waals surface area contributed by atoms with Crippen molar-refractivity contribution < 1.29 is 4.79 Å². The minimum absolute atomic E-state index is 0.0485. The first kappa shape index (κ1) is 13.7. The van der Waals surface area contributed by atoms with Crippen LogP contribution in [0.3, 0.4) is 0 Å². The van der Waals surface area contributed by atoms with Gasteiger partial charge in [-0.1, -0.05) is 41.4 Å². The number of hydrogen-bond donors (Lipinski definition) is 0. The molecule has 2 aromatic rings. The number of Topliss-reactive ketones (excluding diaryl/α,β-unsaturated/α-hetero) is 1. The summed E-state index contributed by atoms with van der Waals surface area (Å²) in [4.78, 5) is 12.3. The van der Waals surface area contributed by atoms with Crippen LogP contribution in [0.15, 0.2) is 36.4 Å². The number of hydrogen-bond acceptors (Lipinski definition) is 1. The van der Waals surface area contributed by atoms with Gasteiger partial charge in [0.1, 0.15) is 0 Å². The Morgan fingerprint density at radius 3 is 2.40 bits per heavy atom. The standard InChI is InChI=1S/C17H14Cl2O/c18-15-8-14(9-16(19)10-15)17(20)7-11-4-5-12-2-1-3-13(12)6-11/h4-6,8-10H,1-3,7H2. The summed E-state index contributed by atoms with van der Waals surface area (Å²) in [6, 6.07) is 11.3. The van der Waals surface area contributed by atoms with E-state index >= 15 is 0 Å². The average Bonchev–Trinajstić information content (AvgIpc) is 2.85. The van der Waals surface area contributed by atoms with Crippen molar-refractivity contribution >= 4 is 29.0 Å². The van der Waals surface area contributed by atoms with Gasteiger partial charge in [0.05, 0.1) is 0 Å². The van der Waals surface area contributed by atoms with Crippen LogP contribution in [0.2, 0.25) is 10.0 Å². The monoisotopic (exact) mass is 304 g/mol. The lowest BCUT2D eigenvalue weighted by Gasteiger charge is -2.06. The van der Waals surface area contributed by atoms with Crippen LogP contribution in [-0.4, -0.2) is 5.78 Å². The molecular weight excluding hydrogens is 291 g/mol. The van der Waals surface area contributed by atoms with Gasteiger partial charge >= 0.3 is 0 Å². The van der Waals surface area contributed by atoms with Crippen LogP contribution in [0.4, 0.5) is 0 Å². The zero-order valence-corrected chi connectivity index (χ0v) is 12.5. The first-order chi connectivity index (χ1) is 9.61. The molecule has 0 saturated carbocycles. The number of fused-ring (bicyclic) bond motifs is 1. The second-order valence-corrected chi connectivity index (χ2v) is 6.09. The normalized spacial score (nSPS) is 13.3. The van der Waals surface area contributed by atoms with E-state index < -0.39 is 0 Å². The highest BCUT2D eigenvalue weighted by atomic mass is 35.5. The maximum atomic E-state index is 12.3. The number of aryl methyl sites for hydroxylation is 2. The van der Waals surface area contributed by atoms with Gasteiger partial charge in [0.15, 0.2) is 5.78 Å². The third kappa shape index (κ3) is 2.89. The van der Waals surface area contributed by atoms with Gasteiger partial charge in [-0.15, -0.1) is 0 Å². The maximum absolute atomic E-state index is 12.3. The molecule has 2 aromatic carbocycles. The van der Waals surface area contributed by atoms with Gasteiger partial charge in [0.2, 0.25) is 0 Å². The van der Waals surface area contributed by atoms with Gasteiger partial charge in [-0.3, -0.25) is 4.79 Å². The molecule has 0 fully saturated rings. The number of carbonyl (C=O) groups is 1. The van der Waals surface area contributed by atoms with Crippen LogP contribution >= 0.6 is 23.2 Å². The van der Waals surface area contributed by atoms with Crippen molar-refractivity contribution in [3.05, 3.63) is 68.7 Å². The number of ketones is 1. The van der Waals surface area contributed by atoms with Gasteiger partial charge in [0, 0.05) is 22.0 Å². The van der Waals surface area contributed by atoms with Gasteiger partial charge in [-0.05, 0) is 54.2 Å². The highest BCUT2D eigenvalue weighted by Gasteiger charge is 2.13. The van der Waals surface area contributed by atoms with Crippen molar-refractivity contribution in [3.63, 3.8) is 0 Å². The molecule has 0 spiro atoms. The summed E-state index contributed by atoms with van der Waals surface area (Å²) in [5.41, 5.74) is 4.45. The summed E-state index contributed by atoms with van der Waals surface area (Å²) in [5.74, 6) is 0.0485. The predicted octanol–water partition coefficient (Wildman–Crippen LogP) is 4.91. The summed E-state index contributed by atoms with van der Waals surface area (Å²) >= 11 is 11.9. The molecule has 0 unspecified atom stereocenters. The van der Waals surface area contributed by atoms with Gasteiger partial charge in [-0.2, -0.15) is 0 Å². The molecule has 1 nitrogen and oxygen atoms in total. The Morgan fingerprint density at radius 1 is 0.950 bits per heavy atom. The average molecular weight is 305 g/mol. The van der Waals surface area contributed by atoms with E-state index in [-0.39, 0.29) is 5.78 Å². The van der Waals surface area contributed by atoms with Crippen LogP contribution in [0.5, 0.6) is 0 Å². The summed E-state index contributed by atoms with van der Waals surface area (Å²) in [7, 11) is 0. The molecule has 20 heavy (non-hydrogen) atoms. The Labute approximate surface area is 128 Å². The van der Waals surface area contributed by atoms with Crippen LogP contribution in [0, 0.1) is 0 Å². The molecule has 0 aliphatic heterocycles. The van der Waals surface area contributed by atoms with Crippen molar-refractivity contribution in [2.75, 3.05) is 0 Å². The molecule has 0 bridgehead atoms. The Morgan fingerprint density at radius 2 is 1.65 bits per heavy atom. The van der Waals surface area contributed by atoms with E-state index in [0.29, 0.717) is 22.0 Å². The molecule has 0 aromatic heterocycles. The van der Waals surface area contributed by atoms with Crippen LogP contribution in [0.25, 0.3) is 0 Å². The number of halogens is 2. The number of carbonyl (C=O) groups excluding carboxylic acids is 1. The zero-order chi connectivity index (χ0) is 14.1. The first-order valence-corrected chi connectivity index (χ1v) is 7.47. The SMILES string of the molecule is O=C(Cc1ccc2c(c1)CCC2)c1cc(Cl)cc(Cl)c1. The number of benzene rings is 2. The molecule has 3 rings (SSSR count). The molecule has 0 heterocycles. The van der Waals surface area contributed by atoms with Crippen LogP contribution in [-0.2, 0) is 19.3 Å². The van der Waals surface area contributed by atoms with Gasteiger partial charge in [-0.25, -0.2) is 0 Å². The molecule has 102 valence electrons. The van der Waals surface area contributed by atoms with E-state index in [1.165, 1.54) is 17.5 Å². The lowest BCUT2D eigenvalue weighted by Crippen LogP contribution is -2.04. The predicted molar refractivity (Wildman–Crippen MR) is 83.0 cm³/mol. The van der Waals surface area contributed by atoms with E-state index in [0.717, 1.165) is 18.4 Å². The third-order valence-electron chi connectivity index (χ3n) is 3.71. The van der Waals surface area contributed by atoms with E-state index in [9.17, 15) is 4.79 Å². The Bertz CT molecular complexity index is 656. The first-order valence-electron chi connectivity index (χ1n) is 6.72. The minimum atomic E-state index is 0.0485. The summed E-state index contributed by atoms with van der Waals surface area (Å²) in [5, 5.41) is 0.990. The summed E-state index contributed by atoms with van der Waals surface area (Å²) < 4.78 is 0. The van der Waals surface area contributed by atoms with E-state index in [2.05, 4.69) is 12.1 Å². The van der Waals surface area contributed by atoms with Crippen molar-refractivity contribution in [1.82, 2.24) is 0 Å². The molecule has 0 radical (unpaired) electrons. The molecule has 0 amide bonds. The Balaban J connectivity index is 1.82. The summed E-state index contributed by atoms with van der Waals surface area (Å²) in [6.07, 6.45) is 3.90. The van der Waals surface area contributed by atoms with Gasteiger partial charge < -0.3 is 0 Å². The second-order valence-electron chi connectivity index (χ2n) is 5.21. The van der Waals surface area contributed by atoms with Crippen molar-refractivity contribution in [3.8, 4) is 0 Å². The molecule has 0 saturated heterocycles. The maximum Gasteiger partial charge on any atom is 0.167 e. The van der Waals surface area contributed by atoms with Crippen molar-refractivity contribution in [1.29, 1.82) is 0 Å². The Kier molecular flexibility index (Phi) is 3.82. The fraction of sp³-hybridized carbons (Fsp3) is 0.235. The lowest BCUT2D eigenvalue weighted by molar-refractivity contribution is 0.0993. The van der Waals surface area contributed by atoms with E-state index in [4.69, 9.17) is 23.2 Å². The minimum Gasteiger partial charge on any atom is -0.294 e. The van der Waals surface area contributed by atoms with Crippen molar-refractivity contribution in [2.24, 2.45) is 0 Å². The van der Waals surface area contributed by atoms with Crippen LogP contribution in [0.1, 0.15) is 33.5 Å². The zero-order valence-electron chi connectivity index (χ0n) is 11.0. The molecule has 1 aliphatic carbocycles. The molecule has 3 heteroatoms. The van der Waals surface area contributed by atoms with Crippen LogP contribution < -0.4 is 0 Å². The topological polar surface area (TPSA) is 17.1 Å². The van der Waals surface area contributed by atoms with E-state index in [1.54, 1.807) is 18.2 Å². The lowest BCUT2D eigenvalue weighted by atomic mass is 9.99. The van der Waals surface area contributed by atoms with Crippen molar-refractivity contribution in [2.45, 2.75) is 25.7 Å². The summed E-state index contributed by atoms with van der Waals surface area (Å²) in [6.45, 7) is 0. The number of rotatable bonds is 3. The van der Waals surface area contributed by atoms with Gasteiger partial charge in [0.25, 0.3) is 0 Å². The molecular formula is C17H14Cl2O. The molecule has 0 N–H and O–H groups in total. The highest BCUT2D eigenvalue weighted by Crippen LogP contribution is 2.24. The highest BCUT2D eigenvalue weighted by molar-refractivity contribution is 6.35. The smallest absolute Gasteiger partial charge is 0.167 e. The fourth-order valence-corrected chi connectivity index (χ4v) is 3.26. The molecule has 1 aliphatic rings. The quantitative estimate of drug-likeness (QED) is 0.737. The largest absolute Gasteiger partial charge is 0.294 e. The van der Waals surface area contributed by atoms with E-state index in [1.807, 2.05) is 6.07 Å².